The van der Waals surface area contributed by atoms with Gasteiger partial charge in [-0.05, 0) is 38.4 Å². The number of hydrogen-bond acceptors (Lipinski definition) is 5. The smallest absolute Gasteiger partial charge is 0.242 e. The number of hydrogen-bond donors (Lipinski definition) is 2. The van der Waals surface area contributed by atoms with Gasteiger partial charge in [0.05, 0.1) is 5.25 Å². The van der Waals surface area contributed by atoms with Crippen molar-refractivity contribution in [1.82, 2.24) is 15.5 Å². The van der Waals surface area contributed by atoms with Crippen LogP contribution in [0.3, 0.4) is 0 Å². The molecule has 0 bridgehead atoms. The Balaban J connectivity index is 0.000000695. The van der Waals surface area contributed by atoms with Crippen LogP contribution < -0.4 is 10.6 Å². The predicted molar refractivity (Wildman–Crippen MR) is 128 cm³/mol. The quantitative estimate of drug-likeness (QED) is 0.545. The van der Waals surface area contributed by atoms with Crippen LogP contribution >= 0.6 is 11.8 Å². The highest BCUT2D eigenvalue weighted by Gasteiger charge is 2.38. The van der Waals surface area contributed by atoms with Crippen LogP contribution in [0.1, 0.15) is 81.6 Å². The van der Waals surface area contributed by atoms with E-state index in [0.29, 0.717) is 0 Å². The lowest BCUT2D eigenvalue weighted by Gasteiger charge is -2.21. The number of imide groups is 1. The maximum absolute atomic E-state index is 12.1. The van der Waals surface area contributed by atoms with Gasteiger partial charge in [-0.15, -0.1) is 11.8 Å². The first kappa shape index (κ1) is 29.4. The van der Waals surface area contributed by atoms with Crippen molar-refractivity contribution in [3.8, 4) is 0 Å². The number of thioether (sulfide) groups is 1. The molecule has 1 fully saturated rings. The summed E-state index contributed by atoms with van der Waals surface area (Å²) in [5.41, 5.74) is -0.111. The Morgan fingerprint density at radius 2 is 1.71 bits per heavy atom. The van der Waals surface area contributed by atoms with E-state index in [2.05, 4.69) is 31.4 Å². The third-order valence-corrected chi connectivity index (χ3v) is 5.53. The number of amides is 4. The van der Waals surface area contributed by atoms with Gasteiger partial charge in [0.1, 0.15) is 0 Å². The molecule has 0 aliphatic carbocycles. The molecule has 0 aromatic rings. The second-order valence-electron chi connectivity index (χ2n) is 10.4. The fourth-order valence-corrected chi connectivity index (χ4v) is 3.58. The van der Waals surface area contributed by atoms with Crippen molar-refractivity contribution >= 4 is 35.4 Å². The SMILES string of the molecule is CC(C)C(=O)NCC(C)(C)C.CCCSC1CC(=O)N(CCC(=O)NC(C)(C)C)C1=O. The average Bonchev–Trinajstić information content (AvgIpc) is 2.87. The number of carbonyl (C=O) groups is 4. The molecule has 0 saturated carbocycles. The zero-order chi connectivity index (χ0) is 24.4. The molecule has 7 nitrogen and oxygen atoms in total. The molecular weight excluding hydrogens is 414 g/mol. The summed E-state index contributed by atoms with van der Waals surface area (Å²) in [7, 11) is 0. The van der Waals surface area contributed by atoms with Crippen LogP contribution in [0.4, 0.5) is 0 Å². The molecule has 1 aliphatic rings. The summed E-state index contributed by atoms with van der Waals surface area (Å²) in [5, 5.41) is 5.45. The summed E-state index contributed by atoms with van der Waals surface area (Å²) in [6.07, 6.45) is 1.42. The zero-order valence-corrected chi connectivity index (χ0v) is 21.7. The van der Waals surface area contributed by atoms with E-state index in [4.69, 9.17) is 0 Å². The number of nitrogens with zero attached hydrogens (tertiary/aromatic N) is 1. The highest BCUT2D eigenvalue weighted by atomic mass is 32.2. The van der Waals surface area contributed by atoms with Gasteiger partial charge in [-0.1, -0.05) is 41.5 Å². The predicted octanol–water partition coefficient (Wildman–Crippen LogP) is 3.37. The van der Waals surface area contributed by atoms with Crippen molar-refractivity contribution in [2.24, 2.45) is 11.3 Å². The normalized spacial score (nSPS) is 16.8. The summed E-state index contributed by atoms with van der Waals surface area (Å²) in [4.78, 5) is 47.9. The number of carbonyl (C=O) groups excluding carboxylic acids is 4. The number of likely N-dealkylation sites (tertiary alicyclic amines) is 1. The maximum atomic E-state index is 12.1. The van der Waals surface area contributed by atoms with Crippen LogP contribution in [0.15, 0.2) is 0 Å². The largest absolute Gasteiger partial charge is 0.355 e. The van der Waals surface area contributed by atoms with E-state index in [1.807, 2.05) is 41.5 Å². The fourth-order valence-electron chi connectivity index (χ4n) is 2.53. The van der Waals surface area contributed by atoms with E-state index in [9.17, 15) is 19.2 Å². The van der Waals surface area contributed by atoms with Gasteiger partial charge in [0.2, 0.25) is 23.6 Å². The molecule has 1 rings (SSSR count). The van der Waals surface area contributed by atoms with Crippen LogP contribution in [0, 0.1) is 11.3 Å². The molecule has 1 saturated heterocycles. The molecule has 1 unspecified atom stereocenters. The highest BCUT2D eigenvalue weighted by Crippen LogP contribution is 2.25. The van der Waals surface area contributed by atoms with Crippen molar-refractivity contribution in [3.63, 3.8) is 0 Å². The standard InChI is InChI=1S/C14H24N2O3S.C9H19NO/c1-5-8-20-10-9-12(18)16(13(10)19)7-6-11(17)15-14(2,3)4;1-7(2)8(11)10-6-9(3,4)5/h10H,5-9H2,1-4H3,(H,15,17);7H,6H2,1-5H3,(H,10,11). The summed E-state index contributed by atoms with van der Waals surface area (Å²) in [5.74, 6) is 0.673. The Morgan fingerprint density at radius 3 is 2.16 bits per heavy atom. The molecule has 1 heterocycles. The second-order valence-corrected chi connectivity index (χ2v) is 11.7. The van der Waals surface area contributed by atoms with Crippen molar-refractivity contribution in [2.75, 3.05) is 18.8 Å². The molecule has 2 N–H and O–H groups in total. The van der Waals surface area contributed by atoms with Crippen LogP contribution in [0.5, 0.6) is 0 Å². The fraction of sp³-hybridized carbons (Fsp3) is 0.826. The van der Waals surface area contributed by atoms with Crippen molar-refractivity contribution in [1.29, 1.82) is 0 Å². The Bertz CT molecular complexity index is 621. The van der Waals surface area contributed by atoms with Crippen LogP contribution in [-0.4, -0.2) is 58.2 Å². The van der Waals surface area contributed by atoms with E-state index < -0.39 is 0 Å². The van der Waals surface area contributed by atoms with E-state index in [1.165, 1.54) is 16.7 Å². The van der Waals surface area contributed by atoms with Gasteiger partial charge in [-0.2, -0.15) is 0 Å². The molecule has 0 aromatic carbocycles. The van der Waals surface area contributed by atoms with E-state index >= 15 is 0 Å². The van der Waals surface area contributed by atoms with Crippen molar-refractivity contribution in [3.05, 3.63) is 0 Å². The Morgan fingerprint density at radius 1 is 1.13 bits per heavy atom. The third-order valence-electron chi connectivity index (χ3n) is 4.12. The van der Waals surface area contributed by atoms with Gasteiger partial charge < -0.3 is 10.6 Å². The molecule has 1 atom stereocenters. The van der Waals surface area contributed by atoms with Crippen molar-refractivity contribution in [2.45, 2.75) is 92.4 Å². The first-order valence-electron chi connectivity index (χ1n) is 11.1. The molecular formula is C23H43N3O4S. The molecule has 31 heavy (non-hydrogen) atoms. The molecule has 8 heteroatoms. The van der Waals surface area contributed by atoms with Gasteiger partial charge in [-0.25, -0.2) is 0 Å². The first-order chi connectivity index (χ1) is 14.1. The summed E-state index contributed by atoms with van der Waals surface area (Å²) in [6.45, 7) is 18.8. The lowest BCUT2D eigenvalue weighted by atomic mass is 9.97. The molecule has 1 aliphatic heterocycles. The summed E-state index contributed by atoms with van der Waals surface area (Å²) < 4.78 is 0. The molecule has 4 amide bonds. The maximum Gasteiger partial charge on any atom is 0.242 e. The number of nitrogens with one attached hydrogen (secondary N) is 2. The van der Waals surface area contributed by atoms with Crippen LogP contribution in [0.25, 0.3) is 0 Å². The van der Waals surface area contributed by atoms with Gasteiger partial charge in [0.15, 0.2) is 0 Å². The lowest BCUT2D eigenvalue weighted by molar-refractivity contribution is -0.138. The van der Waals surface area contributed by atoms with E-state index in [0.717, 1.165) is 18.7 Å². The zero-order valence-electron chi connectivity index (χ0n) is 20.9. The van der Waals surface area contributed by atoms with E-state index in [1.54, 1.807) is 0 Å². The molecule has 0 spiro atoms. The number of rotatable bonds is 8. The highest BCUT2D eigenvalue weighted by molar-refractivity contribution is 8.00. The van der Waals surface area contributed by atoms with Gasteiger partial charge >= 0.3 is 0 Å². The second kappa shape index (κ2) is 13.1. The minimum absolute atomic E-state index is 0.0948. The third kappa shape index (κ3) is 13.4. The average molecular weight is 458 g/mol. The van der Waals surface area contributed by atoms with Crippen molar-refractivity contribution < 1.29 is 19.2 Å². The Kier molecular flexibility index (Phi) is 12.4. The monoisotopic (exact) mass is 457 g/mol. The lowest BCUT2D eigenvalue weighted by Crippen LogP contribution is -2.42. The summed E-state index contributed by atoms with van der Waals surface area (Å²) in [6, 6.07) is 0. The Labute approximate surface area is 192 Å². The van der Waals surface area contributed by atoms with Gasteiger partial charge in [0, 0.05) is 37.4 Å². The molecule has 0 radical (unpaired) electrons. The Hall–Kier alpha value is -1.57. The summed E-state index contributed by atoms with van der Waals surface area (Å²) >= 11 is 1.53. The van der Waals surface area contributed by atoms with E-state index in [-0.39, 0.29) is 65.1 Å². The topological polar surface area (TPSA) is 95.6 Å². The minimum atomic E-state index is -0.296. The minimum Gasteiger partial charge on any atom is -0.355 e. The van der Waals surface area contributed by atoms with Crippen LogP contribution in [0.2, 0.25) is 0 Å². The molecule has 180 valence electrons. The van der Waals surface area contributed by atoms with Gasteiger partial charge in [0.25, 0.3) is 0 Å². The van der Waals surface area contributed by atoms with Gasteiger partial charge in [-0.3, -0.25) is 24.1 Å². The van der Waals surface area contributed by atoms with Crippen LogP contribution in [-0.2, 0) is 19.2 Å². The molecule has 0 aromatic heterocycles. The first-order valence-corrected chi connectivity index (χ1v) is 12.2.